The van der Waals surface area contributed by atoms with Crippen LogP contribution in [0, 0.1) is 5.82 Å². The lowest BCUT2D eigenvalue weighted by Crippen LogP contribution is -2.38. The molecule has 0 unspecified atom stereocenters. The predicted octanol–water partition coefficient (Wildman–Crippen LogP) is 2.65. The number of nitrogens with one attached hydrogen (secondary N) is 2. The second-order valence-electron chi connectivity index (χ2n) is 4.46. The van der Waals surface area contributed by atoms with Crippen molar-refractivity contribution in [1.29, 1.82) is 0 Å². The van der Waals surface area contributed by atoms with E-state index in [1.165, 1.54) is 6.07 Å². The van der Waals surface area contributed by atoms with Crippen LogP contribution in [0.4, 0.5) is 4.39 Å². The first-order chi connectivity index (χ1) is 8.41. The average molecular weight is 273 g/mol. The van der Waals surface area contributed by atoms with E-state index in [9.17, 15) is 9.18 Å². The van der Waals surface area contributed by atoms with E-state index in [1.54, 1.807) is 19.1 Å². The molecule has 0 heterocycles. The van der Waals surface area contributed by atoms with E-state index in [4.69, 9.17) is 11.6 Å². The largest absolute Gasteiger partial charge is 0.353 e. The first-order valence-electron chi connectivity index (χ1n) is 5.88. The molecule has 0 fully saturated rings. The first kappa shape index (κ1) is 14.9. The standard InChI is InChI=1S/C13H18ClFN2O/c1-8(2)17-12(18)7-16-9(3)13-10(14)5-4-6-11(13)15/h4-6,8-9,16H,7H2,1-3H3,(H,17,18)/t9-/m1/s1. The molecule has 0 aromatic heterocycles. The zero-order chi connectivity index (χ0) is 13.7. The number of benzene rings is 1. The molecule has 1 amide bonds. The Hall–Kier alpha value is -1.13. The van der Waals surface area contributed by atoms with E-state index < -0.39 is 0 Å². The molecule has 1 atom stereocenters. The van der Waals surface area contributed by atoms with E-state index in [-0.39, 0.29) is 30.4 Å². The second-order valence-corrected chi connectivity index (χ2v) is 4.87. The Labute approximate surface area is 112 Å². The molecule has 1 rings (SSSR count). The molecule has 2 N–H and O–H groups in total. The minimum atomic E-state index is -0.369. The number of hydrogen-bond donors (Lipinski definition) is 2. The van der Waals surface area contributed by atoms with Gasteiger partial charge in [-0.2, -0.15) is 0 Å². The summed E-state index contributed by atoms with van der Waals surface area (Å²) in [6, 6.07) is 4.31. The highest BCUT2D eigenvalue weighted by molar-refractivity contribution is 6.31. The monoisotopic (exact) mass is 272 g/mol. The van der Waals surface area contributed by atoms with Gasteiger partial charge in [0.25, 0.3) is 0 Å². The lowest BCUT2D eigenvalue weighted by molar-refractivity contribution is -0.120. The summed E-state index contributed by atoms with van der Waals surface area (Å²) >= 11 is 5.94. The Morgan fingerprint density at radius 1 is 1.39 bits per heavy atom. The van der Waals surface area contributed by atoms with Crippen molar-refractivity contribution in [2.75, 3.05) is 6.54 Å². The van der Waals surface area contributed by atoms with Gasteiger partial charge in [-0.15, -0.1) is 0 Å². The van der Waals surface area contributed by atoms with E-state index in [2.05, 4.69) is 10.6 Å². The quantitative estimate of drug-likeness (QED) is 0.865. The molecule has 0 radical (unpaired) electrons. The number of carbonyl (C=O) groups excluding carboxylic acids is 1. The third-order valence-electron chi connectivity index (χ3n) is 2.45. The molecule has 0 spiro atoms. The number of halogens is 2. The van der Waals surface area contributed by atoms with Crippen molar-refractivity contribution in [3.63, 3.8) is 0 Å². The SMILES string of the molecule is CC(C)NC(=O)CN[C@H](C)c1c(F)cccc1Cl. The normalized spacial score (nSPS) is 12.6. The van der Waals surface area contributed by atoms with Gasteiger partial charge in [0.15, 0.2) is 0 Å². The Balaban J connectivity index is 2.61. The molecule has 0 saturated carbocycles. The van der Waals surface area contributed by atoms with Crippen LogP contribution in [0.2, 0.25) is 5.02 Å². The van der Waals surface area contributed by atoms with Gasteiger partial charge in [-0.05, 0) is 32.9 Å². The van der Waals surface area contributed by atoms with Gasteiger partial charge in [0, 0.05) is 22.7 Å². The van der Waals surface area contributed by atoms with Crippen LogP contribution in [0.1, 0.15) is 32.4 Å². The third kappa shape index (κ3) is 4.27. The predicted molar refractivity (Wildman–Crippen MR) is 71.1 cm³/mol. The van der Waals surface area contributed by atoms with Gasteiger partial charge in [-0.3, -0.25) is 4.79 Å². The second kappa shape index (κ2) is 6.71. The fourth-order valence-electron chi connectivity index (χ4n) is 1.65. The summed E-state index contributed by atoms with van der Waals surface area (Å²) in [5.41, 5.74) is 0.386. The third-order valence-corrected chi connectivity index (χ3v) is 2.78. The van der Waals surface area contributed by atoms with E-state index >= 15 is 0 Å². The maximum Gasteiger partial charge on any atom is 0.234 e. The lowest BCUT2D eigenvalue weighted by Gasteiger charge is -2.17. The van der Waals surface area contributed by atoms with Crippen molar-refractivity contribution in [2.45, 2.75) is 32.9 Å². The molecule has 18 heavy (non-hydrogen) atoms. The summed E-state index contributed by atoms with van der Waals surface area (Å²) in [5.74, 6) is -0.490. The van der Waals surface area contributed by atoms with Crippen molar-refractivity contribution >= 4 is 17.5 Å². The highest BCUT2D eigenvalue weighted by Crippen LogP contribution is 2.25. The smallest absolute Gasteiger partial charge is 0.234 e. The lowest BCUT2D eigenvalue weighted by atomic mass is 10.1. The summed E-state index contributed by atoms with van der Waals surface area (Å²) in [7, 11) is 0. The maximum absolute atomic E-state index is 13.6. The Morgan fingerprint density at radius 2 is 2.06 bits per heavy atom. The molecule has 0 saturated heterocycles. The van der Waals surface area contributed by atoms with Crippen LogP contribution in [-0.4, -0.2) is 18.5 Å². The zero-order valence-corrected chi connectivity index (χ0v) is 11.5. The van der Waals surface area contributed by atoms with Crippen LogP contribution in [0.15, 0.2) is 18.2 Å². The molecule has 100 valence electrons. The maximum atomic E-state index is 13.6. The number of carbonyl (C=O) groups is 1. The van der Waals surface area contributed by atoms with Crippen molar-refractivity contribution < 1.29 is 9.18 Å². The van der Waals surface area contributed by atoms with Crippen LogP contribution in [0.3, 0.4) is 0 Å². The van der Waals surface area contributed by atoms with E-state index in [0.29, 0.717) is 10.6 Å². The summed E-state index contributed by atoms with van der Waals surface area (Å²) in [5, 5.41) is 6.06. The van der Waals surface area contributed by atoms with Gasteiger partial charge >= 0.3 is 0 Å². The topological polar surface area (TPSA) is 41.1 Å². The van der Waals surface area contributed by atoms with E-state index in [1.807, 2.05) is 13.8 Å². The fraction of sp³-hybridized carbons (Fsp3) is 0.462. The van der Waals surface area contributed by atoms with Crippen LogP contribution in [0.5, 0.6) is 0 Å². The molecule has 0 aliphatic heterocycles. The van der Waals surface area contributed by atoms with Gasteiger partial charge < -0.3 is 10.6 Å². The number of rotatable bonds is 5. The zero-order valence-electron chi connectivity index (χ0n) is 10.8. The van der Waals surface area contributed by atoms with E-state index in [0.717, 1.165) is 0 Å². The molecule has 0 bridgehead atoms. The van der Waals surface area contributed by atoms with Crippen molar-refractivity contribution in [1.82, 2.24) is 10.6 Å². The Kier molecular flexibility index (Phi) is 5.56. The molecular formula is C13H18ClFN2O. The van der Waals surface area contributed by atoms with Gasteiger partial charge in [0.05, 0.1) is 6.54 Å². The Bertz CT molecular complexity index is 403. The minimum absolute atomic E-state index is 0.0895. The number of amides is 1. The average Bonchev–Trinajstić information content (AvgIpc) is 2.25. The molecule has 0 aliphatic carbocycles. The van der Waals surface area contributed by atoms with Gasteiger partial charge in [-0.1, -0.05) is 17.7 Å². The van der Waals surface area contributed by atoms with Crippen LogP contribution in [-0.2, 0) is 4.79 Å². The minimum Gasteiger partial charge on any atom is -0.353 e. The summed E-state index contributed by atoms with van der Waals surface area (Å²) in [4.78, 5) is 11.5. The Morgan fingerprint density at radius 3 is 2.61 bits per heavy atom. The highest BCUT2D eigenvalue weighted by atomic mass is 35.5. The summed E-state index contributed by atoms with van der Waals surface area (Å²) < 4.78 is 13.6. The molecule has 0 aliphatic rings. The van der Waals surface area contributed by atoms with Gasteiger partial charge in [0.1, 0.15) is 5.82 Å². The number of hydrogen-bond acceptors (Lipinski definition) is 2. The molecular weight excluding hydrogens is 255 g/mol. The molecule has 5 heteroatoms. The van der Waals surface area contributed by atoms with Crippen LogP contribution >= 0.6 is 11.6 Å². The molecule has 1 aromatic rings. The van der Waals surface area contributed by atoms with Gasteiger partial charge in [0.2, 0.25) is 5.91 Å². The molecule has 1 aromatic carbocycles. The summed E-state index contributed by atoms with van der Waals surface area (Å²) in [6.45, 7) is 5.67. The highest BCUT2D eigenvalue weighted by Gasteiger charge is 2.15. The van der Waals surface area contributed by atoms with Crippen molar-refractivity contribution in [2.24, 2.45) is 0 Å². The fourth-order valence-corrected chi connectivity index (χ4v) is 1.97. The van der Waals surface area contributed by atoms with Crippen molar-refractivity contribution in [3.05, 3.63) is 34.6 Å². The van der Waals surface area contributed by atoms with Gasteiger partial charge in [-0.25, -0.2) is 4.39 Å². The van der Waals surface area contributed by atoms with Crippen molar-refractivity contribution in [3.8, 4) is 0 Å². The van der Waals surface area contributed by atoms with Crippen LogP contribution in [0.25, 0.3) is 0 Å². The van der Waals surface area contributed by atoms with Crippen LogP contribution < -0.4 is 10.6 Å². The summed E-state index contributed by atoms with van der Waals surface area (Å²) in [6.07, 6.45) is 0. The first-order valence-corrected chi connectivity index (χ1v) is 6.26. The molecule has 3 nitrogen and oxygen atoms in total.